The SMILES string of the molecule is CC(C)=CC[C@]1(CO)CCCN(c2cnc3ccccc3n2)C1. The summed E-state index contributed by atoms with van der Waals surface area (Å²) in [4.78, 5) is 11.6. The number of allylic oxidation sites excluding steroid dienone is 2. The van der Waals surface area contributed by atoms with Crippen LogP contribution in [-0.2, 0) is 0 Å². The number of aromatic nitrogens is 2. The van der Waals surface area contributed by atoms with Gasteiger partial charge in [-0.25, -0.2) is 4.98 Å². The first-order chi connectivity index (χ1) is 11.1. The van der Waals surface area contributed by atoms with Gasteiger partial charge >= 0.3 is 0 Å². The van der Waals surface area contributed by atoms with Crippen LogP contribution in [0.4, 0.5) is 5.82 Å². The van der Waals surface area contributed by atoms with E-state index in [0.717, 1.165) is 49.2 Å². The van der Waals surface area contributed by atoms with Gasteiger partial charge < -0.3 is 10.0 Å². The number of anilines is 1. The van der Waals surface area contributed by atoms with Crippen molar-refractivity contribution in [1.82, 2.24) is 9.97 Å². The molecule has 0 bridgehead atoms. The van der Waals surface area contributed by atoms with Gasteiger partial charge in [0.25, 0.3) is 0 Å². The molecule has 2 aromatic rings. The Hall–Kier alpha value is -1.94. The van der Waals surface area contributed by atoms with Gasteiger partial charge in [-0.2, -0.15) is 0 Å². The molecule has 1 N–H and O–H groups in total. The molecule has 3 rings (SSSR count). The lowest BCUT2D eigenvalue weighted by atomic mass is 9.77. The predicted octanol–water partition coefficient (Wildman–Crippen LogP) is 3.57. The third-order valence-electron chi connectivity index (χ3n) is 4.70. The summed E-state index contributed by atoms with van der Waals surface area (Å²) in [6.07, 6.45) is 7.16. The normalized spacial score (nSPS) is 21.4. The average Bonchev–Trinajstić information content (AvgIpc) is 2.60. The molecule has 0 radical (unpaired) electrons. The van der Waals surface area contributed by atoms with Crippen LogP contribution >= 0.6 is 0 Å². The van der Waals surface area contributed by atoms with Crippen LogP contribution in [0.15, 0.2) is 42.1 Å². The smallest absolute Gasteiger partial charge is 0.147 e. The van der Waals surface area contributed by atoms with E-state index < -0.39 is 0 Å². The molecule has 23 heavy (non-hydrogen) atoms. The number of nitrogens with zero attached hydrogens (tertiary/aromatic N) is 3. The molecule has 1 aliphatic rings. The Balaban J connectivity index is 1.85. The summed E-state index contributed by atoms with van der Waals surface area (Å²) in [7, 11) is 0. The van der Waals surface area contributed by atoms with Crippen molar-refractivity contribution in [3.63, 3.8) is 0 Å². The lowest BCUT2D eigenvalue weighted by molar-refractivity contribution is 0.108. The third-order valence-corrected chi connectivity index (χ3v) is 4.70. The second-order valence-corrected chi connectivity index (χ2v) is 6.89. The molecule has 4 nitrogen and oxygen atoms in total. The van der Waals surface area contributed by atoms with E-state index in [0.29, 0.717) is 0 Å². The van der Waals surface area contributed by atoms with E-state index in [1.807, 2.05) is 30.5 Å². The molecular weight excluding hydrogens is 286 g/mol. The average molecular weight is 311 g/mol. The van der Waals surface area contributed by atoms with E-state index >= 15 is 0 Å². The maximum atomic E-state index is 10.00. The molecule has 0 amide bonds. The number of rotatable bonds is 4. The quantitative estimate of drug-likeness (QED) is 0.877. The van der Waals surface area contributed by atoms with Crippen LogP contribution in [0, 0.1) is 5.41 Å². The maximum Gasteiger partial charge on any atom is 0.147 e. The summed E-state index contributed by atoms with van der Waals surface area (Å²) in [6.45, 7) is 6.25. The monoisotopic (exact) mass is 311 g/mol. The highest BCUT2D eigenvalue weighted by Crippen LogP contribution is 2.35. The Kier molecular flexibility index (Phi) is 4.62. The van der Waals surface area contributed by atoms with Crippen molar-refractivity contribution >= 4 is 16.9 Å². The number of piperidine rings is 1. The molecule has 1 atom stereocenters. The summed E-state index contributed by atoms with van der Waals surface area (Å²) in [5.41, 5.74) is 3.09. The number of fused-ring (bicyclic) bond motifs is 1. The molecule has 0 unspecified atom stereocenters. The standard InChI is InChI=1S/C19H25N3O/c1-15(2)8-10-19(14-23)9-5-11-22(13-19)18-12-20-16-6-3-4-7-17(16)21-18/h3-4,6-8,12,23H,5,9-11,13-14H2,1-2H3/t19-/m1/s1. The van der Waals surface area contributed by atoms with Gasteiger partial charge in [0.05, 0.1) is 23.8 Å². The van der Waals surface area contributed by atoms with E-state index in [-0.39, 0.29) is 12.0 Å². The van der Waals surface area contributed by atoms with Crippen molar-refractivity contribution in [3.8, 4) is 0 Å². The molecule has 4 heteroatoms. The first-order valence-corrected chi connectivity index (χ1v) is 8.33. The second-order valence-electron chi connectivity index (χ2n) is 6.89. The number of benzene rings is 1. The number of hydrogen-bond donors (Lipinski definition) is 1. The molecule has 1 aromatic heterocycles. The molecular formula is C19H25N3O. The first kappa shape index (κ1) is 15.9. The van der Waals surface area contributed by atoms with Gasteiger partial charge in [-0.1, -0.05) is 23.8 Å². The molecule has 0 aliphatic carbocycles. The lowest BCUT2D eigenvalue weighted by Crippen LogP contribution is -2.45. The van der Waals surface area contributed by atoms with E-state index in [9.17, 15) is 5.11 Å². The van der Waals surface area contributed by atoms with Gasteiger partial charge in [-0.05, 0) is 45.2 Å². The summed E-state index contributed by atoms with van der Waals surface area (Å²) in [6, 6.07) is 7.95. The van der Waals surface area contributed by atoms with Crippen LogP contribution in [0.5, 0.6) is 0 Å². The van der Waals surface area contributed by atoms with E-state index in [4.69, 9.17) is 4.98 Å². The highest BCUT2D eigenvalue weighted by atomic mass is 16.3. The lowest BCUT2D eigenvalue weighted by Gasteiger charge is -2.42. The van der Waals surface area contributed by atoms with Crippen LogP contribution < -0.4 is 4.90 Å². The van der Waals surface area contributed by atoms with Crippen molar-refractivity contribution < 1.29 is 5.11 Å². The Morgan fingerprint density at radius 2 is 2.09 bits per heavy atom. The third kappa shape index (κ3) is 3.53. The number of aliphatic hydroxyl groups is 1. The highest BCUT2D eigenvalue weighted by Gasteiger charge is 2.34. The topological polar surface area (TPSA) is 49.2 Å². The van der Waals surface area contributed by atoms with Crippen molar-refractivity contribution in [2.75, 3.05) is 24.6 Å². The number of aliphatic hydroxyl groups excluding tert-OH is 1. The van der Waals surface area contributed by atoms with Crippen molar-refractivity contribution in [3.05, 3.63) is 42.1 Å². The molecule has 1 aliphatic heterocycles. The number of hydrogen-bond acceptors (Lipinski definition) is 4. The Labute approximate surface area is 137 Å². The molecule has 1 fully saturated rings. The minimum absolute atomic E-state index is 0.0666. The van der Waals surface area contributed by atoms with Gasteiger partial charge in [0, 0.05) is 18.5 Å². The zero-order valence-corrected chi connectivity index (χ0v) is 14.0. The molecule has 1 aromatic carbocycles. The summed E-state index contributed by atoms with van der Waals surface area (Å²) in [5, 5.41) is 10.00. The summed E-state index contributed by atoms with van der Waals surface area (Å²) < 4.78 is 0. The predicted molar refractivity (Wildman–Crippen MR) is 94.6 cm³/mol. The van der Waals surface area contributed by atoms with Crippen LogP contribution in [-0.4, -0.2) is 34.8 Å². The van der Waals surface area contributed by atoms with Crippen molar-refractivity contribution in [2.45, 2.75) is 33.1 Å². The largest absolute Gasteiger partial charge is 0.396 e. The van der Waals surface area contributed by atoms with Gasteiger partial charge in [0.15, 0.2) is 0 Å². The van der Waals surface area contributed by atoms with Crippen LogP contribution in [0.25, 0.3) is 11.0 Å². The molecule has 0 saturated carbocycles. The Bertz CT molecular complexity index is 709. The first-order valence-electron chi connectivity index (χ1n) is 8.33. The Morgan fingerprint density at radius 1 is 1.30 bits per heavy atom. The maximum absolute atomic E-state index is 10.00. The van der Waals surface area contributed by atoms with Crippen LogP contribution in [0.1, 0.15) is 33.1 Å². The van der Waals surface area contributed by atoms with Crippen molar-refractivity contribution in [2.24, 2.45) is 5.41 Å². The van der Waals surface area contributed by atoms with E-state index in [2.05, 4.69) is 29.8 Å². The Morgan fingerprint density at radius 3 is 2.83 bits per heavy atom. The highest BCUT2D eigenvalue weighted by molar-refractivity contribution is 5.75. The van der Waals surface area contributed by atoms with Crippen molar-refractivity contribution in [1.29, 1.82) is 0 Å². The minimum Gasteiger partial charge on any atom is -0.396 e. The van der Waals surface area contributed by atoms with E-state index in [1.54, 1.807) is 0 Å². The molecule has 1 saturated heterocycles. The van der Waals surface area contributed by atoms with Gasteiger partial charge in [0.2, 0.25) is 0 Å². The summed E-state index contributed by atoms with van der Waals surface area (Å²) >= 11 is 0. The zero-order valence-electron chi connectivity index (χ0n) is 14.0. The minimum atomic E-state index is -0.0666. The van der Waals surface area contributed by atoms with Crippen LogP contribution in [0.2, 0.25) is 0 Å². The zero-order chi connectivity index (χ0) is 16.3. The fourth-order valence-electron chi connectivity index (χ4n) is 3.28. The fraction of sp³-hybridized carbons (Fsp3) is 0.474. The summed E-state index contributed by atoms with van der Waals surface area (Å²) in [5.74, 6) is 0.915. The van der Waals surface area contributed by atoms with Gasteiger partial charge in [-0.15, -0.1) is 0 Å². The van der Waals surface area contributed by atoms with Crippen LogP contribution in [0.3, 0.4) is 0 Å². The molecule has 0 spiro atoms. The fourth-order valence-corrected chi connectivity index (χ4v) is 3.28. The molecule has 122 valence electrons. The molecule has 2 heterocycles. The van der Waals surface area contributed by atoms with E-state index in [1.165, 1.54) is 5.57 Å². The van der Waals surface area contributed by atoms with Gasteiger partial charge in [-0.3, -0.25) is 4.98 Å². The number of para-hydroxylation sites is 2. The second kappa shape index (κ2) is 6.67. The van der Waals surface area contributed by atoms with Gasteiger partial charge in [0.1, 0.15) is 5.82 Å².